The number of hydrogen-bond acceptors (Lipinski definition) is 5. The summed E-state index contributed by atoms with van der Waals surface area (Å²) in [4.78, 5) is 34.3. The van der Waals surface area contributed by atoms with Crippen molar-refractivity contribution in [1.82, 2.24) is 15.2 Å². The number of aromatic nitrogens is 1. The lowest BCUT2D eigenvalue weighted by molar-refractivity contribution is -0.121. The molecule has 1 aromatic heterocycles. The highest BCUT2D eigenvalue weighted by Gasteiger charge is 2.15. The molecule has 0 unspecified atom stereocenters. The molecule has 0 fully saturated rings. The number of ether oxygens (including phenoxy) is 1. The number of nitrogens with zero attached hydrogens (tertiary/aromatic N) is 1. The first kappa shape index (κ1) is 17.2. The molecular formula is C13H21N3O4S. The zero-order valence-corrected chi connectivity index (χ0v) is 13.5. The van der Waals surface area contributed by atoms with Gasteiger partial charge < -0.3 is 15.4 Å². The highest BCUT2D eigenvalue weighted by atomic mass is 32.1. The predicted octanol–water partition coefficient (Wildman–Crippen LogP) is 0.859. The summed E-state index contributed by atoms with van der Waals surface area (Å²) in [5.74, 6) is -0.274. The SMILES string of the molecule is Cc1csc(=O)n1CC(=O)NCCNC(=O)OC(C)(C)C. The van der Waals surface area contributed by atoms with Gasteiger partial charge in [0.2, 0.25) is 5.91 Å². The molecule has 0 aliphatic carbocycles. The van der Waals surface area contributed by atoms with Crippen molar-refractivity contribution in [3.05, 3.63) is 20.7 Å². The molecule has 0 aliphatic rings. The lowest BCUT2D eigenvalue weighted by Gasteiger charge is -2.19. The Kier molecular flexibility index (Phi) is 5.95. The van der Waals surface area contributed by atoms with Crippen LogP contribution in [0.1, 0.15) is 26.5 Å². The number of aryl methyl sites for hydroxylation is 1. The van der Waals surface area contributed by atoms with E-state index in [2.05, 4.69) is 10.6 Å². The fourth-order valence-electron chi connectivity index (χ4n) is 1.48. The minimum Gasteiger partial charge on any atom is -0.444 e. The summed E-state index contributed by atoms with van der Waals surface area (Å²) in [6.45, 7) is 7.61. The van der Waals surface area contributed by atoms with E-state index in [9.17, 15) is 14.4 Å². The normalized spacial score (nSPS) is 11.0. The van der Waals surface area contributed by atoms with Crippen LogP contribution in [0.3, 0.4) is 0 Å². The molecule has 0 bridgehead atoms. The van der Waals surface area contributed by atoms with Gasteiger partial charge in [-0.15, -0.1) is 0 Å². The van der Waals surface area contributed by atoms with E-state index < -0.39 is 11.7 Å². The Morgan fingerprint density at radius 1 is 1.29 bits per heavy atom. The quantitative estimate of drug-likeness (QED) is 0.789. The summed E-state index contributed by atoms with van der Waals surface area (Å²) in [5.41, 5.74) is 0.206. The summed E-state index contributed by atoms with van der Waals surface area (Å²) in [6, 6.07) is 0. The Hall–Kier alpha value is -1.83. The van der Waals surface area contributed by atoms with E-state index in [-0.39, 0.29) is 30.4 Å². The first-order valence-corrected chi connectivity index (χ1v) is 7.45. The first-order valence-electron chi connectivity index (χ1n) is 6.57. The Morgan fingerprint density at radius 2 is 1.90 bits per heavy atom. The third kappa shape index (κ3) is 6.44. The van der Waals surface area contributed by atoms with Crippen molar-refractivity contribution in [3.8, 4) is 0 Å². The predicted molar refractivity (Wildman–Crippen MR) is 80.6 cm³/mol. The van der Waals surface area contributed by atoms with Gasteiger partial charge in [-0.05, 0) is 27.7 Å². The summed E-state index contributed by atoms with van der Waals surface area (Å²) in [5, 5.41) is 6.87. The van der Waals surface area contributed by atoms with Gasteiger partial charge in [-0.25, -0.2) is 4.79 Å². The first-order chi connectivity index (χ1) is 9.69. The van der Waals surface area contributed by atoms with Crippen molar-refractivity contribution in [2.75, 3.05) is 13.1 Å². The standard InChI is InChI=1S/C13H21N3O4S/c1-9-8-21-12(19)16(9)7-10(17)14-5-6-15-11(18)20-13(2,3)4/h8H,5-7H2,1-4H3,(H,14,17)(H,15,18). The van der Waals surface area contributed by atoms with E-state index in [1.165, 1.54) is 4.57 Å². The lowest BCUT2D eigenvalue weighted by Crippen LogP contribution is -2.39. The molecule has 0 aromatic carbocycles. The molecule has 1 heterocycles. The topological polar surface area (TPSA) is 89.4 Å². The molecule has 21 heavy (non-hydrogen) atoms. The third-order valence-corrected chi connectivity index (χ3v) is 3.27. The Labute approximate surface area is 127 Å². The molecule has 7 nitrogen and oxygen atoms in total. The van der Waals surface area contributed by atoms with E-state index in [4.69, 9.17) is 4.74 Å². The van der Waals surface area contributed by atoms with Crippen LogP contribution in [0.2, 0.25) is 0 Å². The van der Waals surface area contributed by atoms with Crippen molar-refractivity contribution >= 4 is 23.3 Å². The molecule has 0 saturated heterocycles. The van der Waals surface area contributed by atoms with Crippen LogP contribution in [0, 0.1) is 6.92 Å². The zero-order chi connectivity index (χ0) is 16.0. The number of carbonyl (C=O) groups excluding carboxylic acids is 2. The van der Waals surface area contributed by atoms with Crippen molar-refractivity contribution in [3.63, 3.8) is 0 Å². The van der Waals surface area contributed by atoms with E-state index in [1.807, 2.05) is 0 Å². The third-order valence-electron chi connectivity index (χ3n) is 2.39. The number of thiazole rings is 1. The number of hydrogen-bond donors (Lipinski definition) is 2. The zero-order valence-electron chi connectivity index (χ0n) is 12.7. The Bertz CT molecular complexity index is 556. The van der Waals surface area contributed by atoms with Crippen molar-refractivity contribution in [1.29, 1.82) is 0 Å². The second-order valence-corrected chi connectivity index (χ2v) is 6.33. The lowest BCUT2D eigenvalue weighted by atomic mass is 10.2. The Balaban J connectivity index is 2.26. The van der Waals surface area contributed by atoms with Gasteiger partial charge >= 0.3 is 11.0 Å². The van der Waals surface area contributed by atoms with Gasteiger partial charge in [0.05, 0.1) is 0 Å². The fraction of sp³-hybridized carbons (Fsp3) is 0.615. The highest BCUT2D eigenvalue weighted by Crippen LogP contribution is 2.05. The number of amides is 2. The van der Waals surface area contributed by atoms with Crippen LogP contribution in [0.4, 0.5) is 4.79 Å². The molecule has 0 radical (unpaired) electrons. The van der Waals surface area contributed by atoms with Crippen LogP contribution in [-0.4, -0.2) is 35.3 Å². The number of carbonyl (C=O) groups is 2. The summed E-state index contributed by atoms with van der Waals surface area (Å²) in [7, 11) is 0. The second kappa shape index (κ2) is 7.26. The Morgan fingerprint density at radius 3 is 2.43 bits per heavy atom. The molecule has 1 aromatic rings. The van der Waals surface area contributed by atoms with Crippen LogP contribution in [0.5, 0.6) is 0 Å². The summed E-state index contributed by atoms with van der Waals surface area (Å²) < 4.78 is 6.46. The van der Waals surface area contributed by atoms with Gasteiger partial charge in [0.15, 0.2) is 0 Å². The van der Waals surface area contributed by atoms with Crippen LogP contribution < -0.4 is 15.5 Å². The smallest absolute Gasteiger partial charge is 0.407 e. The van der Waals surface area contributed by atoms with Crippen LogP contribution in [0.15, 0.2) is 10.2 Å². The maximum Gasteiger partial charge on any atom is 0.407 e. The van der Waals surface area contributed by atoms with Crippen LogP contribution in [0.25, 0.3) is 0 Å². The van der Waals surface area contributed by atoms with Crippen molar-refractivity contribution in [2.24, 2.45) is 0 Å². The number of rotatable bonds is 5. The molecule has 0 spiro atoms. The highest BCUT2D eigenvalue weighted by molar-refractivity contribution is 7.07. The van der Waals surface area contributed by atoms with Gasteiger partial charge in [0.25, 0.3) is 0 Å². The molecular weight excluding hydrogens is 294 g/mol. The maximum absolute atomic E-state index is 11.7. The molecule has 0 atom stereocenters. The summed E-state index contributed by atoms with van der Waals surface area (Å²) in [6.07, 6.45) is -0.526. The van der Waals surface area contributed by atoms with E-state index in [0.29, 0.717) is 0 Å². The molecule has 0 aliphatic heterocycles. The maximum atomic E-state index is 11.7. The molecule has 2 N–H and O–H groups in total. The molecule has 118 valence electrons. The van der Waals surface area contributed by atoms with Crippen LogP contribution >= 0.6 is 11.3 Å². The van der Waals surface area contributed by atoms with Gasteiger partial charge in [0, 0.05) is 24.2 Å². The molecule has 0 saturated carbocycles. The minimum atomic E-state index is -0.551. The monoisotopic (exact) mass is 315 g/mol. The number of alkyl carbamates (subject to hydrolysis) is 1. The number of nitrogens with one attached hydrogen (secondary N) is 2. The average molecular weight is 315 g/mol. The van der Waals surface area contributed by atoms with Gasteiger partial charge in [-0.1, -0.05) is 11.3 Å². The fourth-order valence-corrected chi connectivity index (χ4v) is 2.21. The summed E-state index contributed by atoms with van der Waals surface area (Å²) >= 11 is 1.06. The van der Waals surface area contributed by atoms with Gasteiger partial charge in [0.1, 0.15) is 12.1 Å². The van der Waals surface area contributed by atoms with E-state index in [0.717, 1.165) is 17.0 Å². The van der Waals surface area contributed by atoms with Crippen LogP contribution in [-0.2, 0) is 16.1 Å². The molecule has 8 heteroatoms. The van der Waals surface area contributed by atoms with Gasteiger partial charge in [-0.3, -0.25) is 14.2 Å². The molecule has 1 rings (SSSR count). The largest absolute Gasteiger partial charge is 0.444 e. The average Bonchev–Trinajstić information content (AvgIpc) is 2.64. The van der Waals surface area contributed by atoms with E-state index >= 15 is 0 Å². The van der Waals surface area contributed by atoms with Crippen molar-refractivity contribution < 1.29 is 14.3 Å². The van der Waals surface area contributed by atoms with Crippen molar-refractivity contribution in [2.45, 2.75) is 39.8 Å². The minimum absolute atomic E-state index is 0.0133. The van der Waals surface area contributed by atoms with Gasteiger partial charge in [-0.2, -0.15) is 0 Å². The van der Waals surface area contributed by atoms with E-state index in [1.54, 1.807) is 33.1 Å². The second-order valence-electron chi connectivity index (χ2n) is 5.51. The molecule has 2 amide bonds.